The number of halogens is 1. The molecule has 3 aromatic rings. The molecule has 0 aliphatic rings. The van der Waals surface area contributed by atoms with Crippen molar-refractivity contribution in [2.24, 2.45) is 0 Å². The van der Waals surface area contributed by atoms with E-state index in [-0.39, 0.29) is 30.0 Å². The molecular formula is C29H32FN3O2. The average Bonchev–Trinajstić information content (AvgIpc) is 2.84. The number of aryl methyl sites for hydroxylation is 1. The van der Waals surface area contributed by atoms with E-state index >= 15 is 0 Å². The third-order valence-electron chi connectivity index (χ3n) is 6.27. The lowest BCUT2D eigenvalue weighted by molar-refractivity contribution is -0.136. The van der Waals surface area contributed by atoms with E-state index in [0.29, 0.717) is 17.8 Å². The first-order valence-electron chi connectivity index (χ1n) is 11.9. The summed E-state index contributed by atoms with van der Waals surface area (Å²) in [6, 6.07) is 22.5. The second-order valence-corrected chi connectivity index (χ2v) is 8.93. The summed E-state index contributed by atoms with van der Waals surface area (Å²) in [5.41, 5.74) is 4.59. The van der Waals surface area contributed by atoms with Crippen LogP contribution in [0, 0.1) is 24.1 Å². The maximum Gasteiger partial charge on any atom is 0.307 e. The van der Waals surface area contributed by atoms with Crippen LogP contribution < -0.4 is 10.6 Å². The van der Waals surface area contributed by atoms with Crippen molar-refractivity contribution >= 4 is 11.7 Å². The van der Waals surface area contributed by atoms with Gasteiger partial charge in [-0.3, -0.25) is 4.79 Å². The van der Waals surface area contributed by atoms with Crippen LogP contribution in [-0.2, 0) is 11.2 Å². The average molecular weight is 474 g/mol. The second-order valence-electron chi connectivity index (χ2n) is 8.93. The molecule has 0 spiro atoms. The normalized spacial score (nSPS) is 13.5. The van der Waals surface area contributed by atoms with E-state index < -0.39 is 11.8 Å². The van der Waals surface area contributed by atoms with Gasteiger partial charge in [-0.15, -0.1) is 0 Å². The van der Waals surface area contributed by atoms with Crippen LogP contribution in [0.1, 0.15) is 60.0 Å². The van der Waals surface area contributed by atoms with Crippen molar-refractivity contribution < 1.29 is 14.3 Å². The fourth-order valence-electron chi connectivity index (χ4n) is 4.39. The molecule has 0 amide bonds. The number of carbonyl (C=O) groups is 1. The minimum absolute atomic E-state index is 0.000699. The van der Waals surface area contributed by atoms with Gasteiger partial charge >= 0.3 is 5.97 Å². The lowest BCUT2D eigenvalue weighted by atomic mass is 9.93. The summed E-state index contributed by atoms with van der Waals surface area (Å²) in [6.07, 6.45) is 0.775. The number of rotatable bonds is 11. The first-order valence-corrected chi connectivity index (χ1v) is 11.9. The van der Waals surface area contributed by atoms with Crippen LogP contribution in [0.4, 0.5) is 10.1 Å². The topological polar surface area (TPSA) is 85.2 Å². The lowest BCUT2D eigenvalue weighted by Gasteiger charge is -2.31. The molecule has 0 unspecified atom stereocenters. The molecule has 5 nitrogen and oxygen atoms in total. The highest BCUT2D eigenvalue weighted by Crippen LogP contribution is 2.28. The molecule has 0 saturated heterocycles. The third-order valence-corrected chi connectivity index (χ3v) is 6.27. The number of carboxylic acids is 1. The Morgan fingerprint density at radius 2 is 1.80 bits per heavy atom. The first kappa shape index (κ1) is 25.9. The van der Waals surface area contributed by atoms with Gasteiger partial charge in [0.2, 0.25) is 0 Å². The largest absolute Gasteiger partial charge is 0.481 e. The lowest BCUT2D eigenvalue weighted by Crippen LogP contribution is -2.38. The fourth-order valence-corrected chi connectivity index (χ4v) is 4.39. The molecule has 0 fully saturated rings. The fraction of sp³-hybridized carbons (Fsp3) is 0.310. The number of nitriles is 1. The van der Waals surface area contributed by atoms with Crippen LogP contribution in [0.25, 0.3) is 0 Å². The highest BCUT2D eigenvalue weighted by atomic mass is 19.1. The van der Waals surface area contributed by atoms with Gasteiger partial charge in [0.15, 0.2) is 0 Å². The number of hydrogen-bond donors (Lipinski definition) is 3. The van der Waals surface area contributed by atoms with Crippen LogP contribution >= 0.6 is 0 Å². The molecule has 0 bridgehead atoms. The van der Waals surface area contributed by atoms with E-state index in [2.05, 4.69) is 42.7 Å². The maximum atomic E-state index is 13.9. The molecule has 6 heteroatoms. The summed E-state index contributed by atoms with van der Waals surface area (Å²) >= 11 is 0. The quantitative estimate of drug-likeness (QED) is 0.320. The predicted molar refractivity (Wildman–Crippen MR) is 137 cm³/mol. The summed E-state index contributed by atoms with van der Waals surface area (Å²) in [7, 11) is 0. The van der Waals surface area contributed by atoms with Crippen LogP contribution in [0.3, 0.4) is 0 Å². The molecule has 3 rings (SSSR count). The van der Waals surface area contributed by atoms with E-state index in [4.69, 9.17) is 5.11 Å². The van der Waals surface area contributed by atoms with Crippen molar-refractivity contribution in [2.45, 2.75) is 51.6 Å². The number of carboxylic acid groups (broad SMARTS) is 1. The predicted octanol–water partition coefficient (Wildman–Crippen LogP) is 5.96. The van der Waals surface area contributed by atoms with Crippen LogP contribution in [0.5, 0.6) is 0 Å². The van der Waals surface area contributed by atoms with Crippen molar-refractivity contribution in [3.8, 4) is 6.07 Å². The Kier molecular flexibility index (Phi) is 8.99. The number of nitrogens with one attached hydrogen (secondary N) is 2. The highest BCUT2D eigenvalue weighted by molar-refractivity contribution is 5.70. The second kappa shape index (κ2) is 12.1. The Balaban J connectivity index is 1.85. The zero-order chi connectivity index (χ0) is 25.4. The first-order chi connectivity index (χ1) is 16.8. The minimum atomic E-state index is -0.846. The molecule has 0 aromatic heterocycles. The van der Waals surface area contributed by atoms with Crippen LogP contribution in [0.15, 0.2) is 66.7 Å². The highest BCUT2D eigenvalue weighted by Gasteiger charge is 2.24. The van der Waals surface area contributed by atoms with E-state index in [9.17, 15) is 14.4 Å². The van der Waals surface area contributed by atoms with E-state index in [1.807, 2.05) is 42.5 Å². The smallest absolute Gasteiger partial charge is 0.307 e. The molecular weight excluding hydrogens is 441 g/mol. The van der Waals surface area contributed by atoms with Crippen molar-refractivity contribution in [1.82, 2.24) is 5.32 Å². The van der Waals surface area contributed by atoms with Gasteiger partial charge in [0.25, 0.3) is 0 Å². The molecule has 35 heavy (non-hydrogen) atoms. The zero-order valence-corrected chi connectivity index (χ0v) is 20.4. The molecule has 182 valence electrons. The number of benzene rings is 3. The Hall–Kier alpha value is -3.69. The van der Waals surface area contributed by atoms with E-state index in [1.54, 1.807) is 6.92 Å². The Labute approximate surface area is 206 Å². The van der Waals surface area contributed by atoms with E-state index in [1.165, 1.54) is 12.1 Å². The van der Waals surface area contributed by atoms with Crippen molar-refractivity contribution in [2.75, 3.05) is 11.9 Å². The van der Waals surface area contributed by atoms with Gasteiger partial charge in [-0.05, 0) is 53.6 Å². The Morgan fingerprint density at radius 3 is 2.46 bits per heavy atom. The molecule has 0 aliphatic carbocycles. The Bertz CT molecular complexity index is 1190. The standard InChI is InChI=1S/C29H32FN3O2/c1-4-26(33-28-19(2)13-25(30)16-24(28)17-31)29(22-10-6-5-7-11-22)32-18-20(3)23-12-8-9-21(14-23)15-27(34)35/h5-14,16,20,26,29,32-33H,4,15,18H2,1-3H3,(H,34,35)/t20-,26-,29-/m1/s1. The molecule has 0 saturated carbocycles. The molecule has 3 aromatic carbocycles. The minimum Gasteiger partial charge on any atom is -0.481 e. The summed E-state index contributed by atoms with van der Waals surface area (Å²) in [5.74, 6) is -1.12. The number of anilines is 1. The number of hydrogen-bond acceptors (Lipinski definition) is 4. The van der Waals surface area contributed by atoms with Gasteiger partial charge in [0, 0.05) is 12.6 Å². The van der Waals surface area contributed by atoms with Gasteiger partial charge in [-0.25, -0.2) is 4.39 Å². The van der Waals surface area contributed by atoms with Gasteiger partial charge < -0.3 is 15.7 Å². The maximum absolute atomic E-state index is 13.9. The van der Waals surface area contributed by atoms with Gasteiger partial charge in [-0.1, -0.05) is 68.4 Å². The van der Waals surface area contributed by atoms with E-state index in [0.717, 1.165) is 23.1 Å². The zero-order valence-electron chi connectivity index (χ0n) is 20.4. The monoisotopic (exact) mass is 473 g/mol. The van der Waals surface area contributed by atoms with Crippen LogP contribution in [0.2, 0.25) is 0 Å². The van der Waals surface area contributed by atoms with Crippen molar-refractivity contribution in [3.63, 3.8) is 0 Å². The SMILES string of the molecule is CC[C@@H](Nc1c(C)cc(F)cc1C#N)[C@H](NC[C@@H](C)c1cccc(CC(=O)O)c1)c1ccccc1. The summed E-state index contributed by atoms with van der Waals surface area (Å²) in [6.45, 7) is 6.66. The van der Waals surface area contributed by atoms with Crippen molar-refractivity contribution in [1.29, 1.82) is 5.26 Å². The molecule has 0 heterocycles. The molecule has 3 atom stereocenters. The van der Waals surface area contributed by atoms with Crippen LogP contribution in [-0.4, -0.2) is 23.7 Å². The third kappa shape index (κ3) is 6.91. The molecule has 0 radical (unpaired) electrons. The number of nitrogens with zero attached hydrogens (tertiary/aromatic N) is 1. The molecule has 3 N–H and O–H groups in total. The summed E-state index contributed by atoms with van der Waals surface area (Å²) in [4.78, 5) is 11.1. The number of aliphatic carboxylic acids is 1. The summed E-state index contributed by atoms with van der Waals surface area (Å²) in [5, 5.41) is 25.9. The van der Waals surface area contributed by atoms with Gasteiger partial charge in [0.1, 0.15) is 11.9 Å². The Morgan fingerprint density at radius 1 is 1.09 bits per heavy atom. The van der Waals surface area contributed by atoms with Gasteiger partial charge in [-0.2, -0.15) is 5.26 Å². The molecule has 0 aliphatic heterocycles. The van der Waals surface area contributed by atoms with Crippen molar-refractivity contribution in [3.05, 3.63) is 100 Å². The van der Waals surface area contributed by atoms with Gasteiger partial charge in [0.05, 0.1) is 23.7 Å². The summed E-state index contributed by atoms with van der Waals surface area (Å²) < 4.78 is 13.9.